The third-order valence-corrected chi connectivity index (χ3v) is 1.88. The average molecular weight is 186 g/mol. The maximum atomic E-state index is 4.14. The van der Waals surface area contributed by atoms with E-state index >= 15 is 0 Å². The van der Waals surface area contributed by atoms with Crippen LogP contribution in [0.5, 0.6) is 0 Å². The fourth-order valence-corrected chi connectivity index (χ4v) is 0.956. The first-order valence-corrected chi connectivity index (χ1v) is 4.46. The highest BCUT2D eigenvalue weighted by Gasteiger charge is 1.92. The predicted molar refractivity (Wildman–Crippen MR) is 63.0 cm³/mol. The monoisotopic (exact) mass is 186 g/mol. The molecule has 0 saturated carbocycles. The molecule has 1 aromatic rings. The van der Waals surface area contributed by atoms with Gasteiger partial charge in [0.25, 0.3) is 0 Å². The third-order valence-electron chi connectivity index (χ3n) is 1.88. The fourth-order valence-electron chi connectivity index (χ4n) is 0.956. The molecule has 0 radical (unpaired) electrons. The van der Waals surface area contributed by atoms with Crippen molar-refractivity contribution in [1.82, 2.24) is 0 Å². The Kier molecular flexibility index (Phi) is 3.80. The summed E-state index contributed by atoms with van der Waals surface area (Å²) in [7, 11) is 1.72. The summed E-state index contributed by atoms with van der Waals surface area (Å²) in [6.07, 6.45) is 1.73. The van der Waals surface area contributed by atoms with Gasteiger partial charge in [-0.15, -0.1) is 0 Å². The predicted octanol–water partition coefficient (Wildman–Crippen LogP) is 2.82. The largest absolute Gasteiger partial charge is 0.274 e. The fraction of sp³-hybridized carbons (Fsp3) is 0.167. The Labute approximate surface area is 84.7 Å². The molecule has 2 heteroatoms. The van der Waals surface area contributed by atoms with Crippen molar-refractivity contribution in [2.75, 3.05) is 7.05 Å². The van der Waals surface area contributed by atoms with Crippen molar-refractivity contribution in [3.63, 3.8) is 0 Å². The molecular weight excluding hydrogens is 172 g/mol. The first kappa shape index (κ1) is 10.4. The van der Waals surface area contributed by atoms with Crippen molar-refractivity contribution in [3.05, 3.63) is 42.5 Å². The van der Waals surface area contributed by atoms with Crippen LogP contribution in [0.25, 0.3) is 5.57 Å². The summed E-state index contributed by atoms with van der Waals surface area (Å²) in [5, 5.41) is 0. The minimum atomic E-state index is 0.752. The van der Waals surface area contributed by atoms with Crippen molar-refractivity contribution in [3.8, 4) is 0 Å². The zero-order valence-electron chi connectivity index (χ0n) is 8.57. The van der Waals surface area contributed by atoms with Crippen LogP contribution in [0.4, 0.5) is 0 Å². The van der Waals surface area contributed by atoms with Gasteiger partial charge in [0.05, 0.1) is 0 Å². The molecule has 0 heterocycles. The van der Waals surface area contributed by atoms with Gasteiger partial charge in [-0.2, -0.15) is 0 Å². The Balaban J connectivity index is 2.74. The molecule has 0 bridgehead atoms. The van der Waals surface area contributed by atoms with Crippen molar-refractivity contribution >= 4 is 17.6 Å². The molecule has 0 saturated heterocycles. The molecule has 0 aliphatic rings. The molecule has 2 nitrogen and oxygen atoms in total. The van der Waals surface area contributed by atoms with E-state index in [2.05, 4.69) is 16.6 Å². The number of aliphatic imine (C=N–C) groups is 2. The number of hydrogen-bond donors (Lipinski definition) is 0. The second-order valence-electron chi connectivity index (χ2n) is 2.92. The van der Waals surface area contributed by atoms with Gasteiger partial charge in [-0.25, -0.2) is 4.99 Å². The van der Waals surface area contributed by atoms with Crippen molar-refractivity contribution in [2.24, 2.45) is 9.98 Å². The topological polar surface area (TPSA) is 24.7 Å². The van der Waals surface area contributed by atoms with E-state index < -0.39 is 0 Å². The summed E-state index contributed by atoms with van der Waals surface area (Å²) in [4.78, 5) is 8.08. The van der Waals surface area contributed by atoms with Gasteiger partial charge in [-0.3, -0.25) is 4.99 Å². The van der Waals surface area contributed by atoms with E-state index in [0.29, 0.717) is 0 Å². The Hall–Kier alpha value is -1.70. The van der Waals surface area contributed by atoms with Crippen molar-refractivity contribution in [2.45, 2.75) is 6.92 Å². The van der Waals surface area contributed by atoms with Crippen LogP contribution in [0.1, 0.15) is 12.5 Å². The van der Waals surface area contributed by atoms with Crippen LogP contribution >= 0.6 is 0 Å². The normalized spacial score (nSPS) is 12.0. The number of nitrogens with zero attached hydrogens (tertiary/aromatic N) is 2. The standard InChI is InChI=1S/C12H14N2/c1-10(9-14-11(2)13-3)12-7-5-4-6-8-12/h4-9H,1H2,2-3H3. The van der Waals surface area contributed by atoms with Crippen LogP contribution < -0.4 is 0 Å². The van der Waals surface area contributed by atoms with Gasteiger partial charge in [0.1, 0.15) is 5.84 Å². The van der Waals surface area contributed by atoms with E-state index in [9.17, 15) is 0 Å². The summed E-state index contributed by atoms with van der Waals surface area (Å²) in [5.41, 5.74) is 1.98. The number of rotatable bonds is 2. The van der Waals surface area contributed by atoms with Gasteiger partial charge < -0.3 is 0 Å². The van der Waals surface area contributed by atoms with Gasteiger partial charge in [-0.1, -0.05) is 36.9 Å². The maximum absolute atomic E-state index is 4.14. The molecule has 0 fully saturated rings. The molecular formula is C12H14N2. The third kappa shape index (κ3) is 2.98. The van der Waals surface area contributed by atoms with Gasteiger partial charge in [-0.05, 0) is 18.1 Å². The zero-order chi connectivity index (χ0) is 10.4. The lowest BCUT2D eigenvalue weighted by Crippen LogP contribution is -1.88. The molecule has 14 heavy (non-hydrogen) atoms. The summed E-state index contributed by atoms with van der Waals surface area (Å²) < 4.78 is 0. The summed E-state index contributed by atoms with van der Waals surface area (Å²) in [6, 6.07) is 9.95. The number of benzene rings is 1. The minimum absolute atomic E-state index is 0.752. The van der Waals surface area contributed by atoms with E-state index in [0.717, 1.165) is 17.0 Å². The first-order chi connectivity index (χ1) is 6.74. The Morgan fingerprint density at radius 1 is 1.29 bits per heavy atom. The number of allylic oxidation sites excluding steroid dienone is 1. The minimum Gasteiger partial charge on any atom is -0.274 e. The lowest BCUT2D eigenvalue weighted by Gasteiger charge is -1.97. The summed E-state index contributed by atoms with van der Waals surface area (Å²) in [6.45, 7) is 5.78. The molecule has 72 valence electrons. The Morgan fingerprint density at radius 2 is 1.93 bits per heavy atom. The molecule has 1 rings (SSSR count). The van der Waals surface area contributed by atoms with Crippen LogP contribution in [-0.2, 0) is 0 Å². The van der Waals surface area contributed by atoms with Crippen molar-refractivity contribution in [1.29, 1.82) is 0 Å². The molecule has 0 N–H and O–H groups in total. The average Bonchev–Trinajstić information content (AvgIpc) is 2.26. The smallest absolute Gasteiger partial charge is 0.119 e. The van der Waals surface area contributed by atoms with Crippen LogP contribution in [0.2, 0.25) is 0 Å². The lowest BCUT2D eigenvalue weighted by atomic mass is 10.1. The van der Waals surface area contributed by atoms with E-state index in [1.54, 1.807) is 13.3 Å². The first-order valence-electron chi connectivity index (χ1n) is 4.46. The molecule has 0 aliphatic heterocycles. The lowest BCUT2D eigenvalue weighted by molar-refractivity contribution is 1.38. The molecule has 0 spiro atoms. The van der Waals surface area contributed by atoms with Gasteiger partial charge in [0.2, 0.25) is 0 Å². The highest BCUT2D eigenvalue weighted by Crippen LogP contribution is 2.08. The molecule has 0 unspecified atom stereocenters. The molecule has 0 aromatic heterocycles. The molecule has 1 aromatic carbocycles. The summed E-state index contributed by atoms with van der Waals surface area (Å²) in [5.74, 6) is 0.752. The van der Waals surface area contributed by atoms with Crippen LogP contribution in [0.15, 0.2) is 46.9 Å². The highest BCUT2D eigenvalue weighted by atomic mass is 14.9. The molecule has 0 atom stereocenters. The van der Waals surface area contributed by atoms with Gasteiger partial charge in [0, 0.05) is 13.3 Å². The second kappa shape index (κ2) is 5.12. The quantitative estimate of drug-likeness (QED) is 0.501. The zero-order valence-corrected chi connectivity index (χ0v) is 8.57. The van der Waals surface area contributed by atoms with E-state index in [1.807, 2.05) is 37.3 Å². The number of amidine groups is 1. The van der Waals surface area contributed by atoms with Crippen LogP contribution in [-0.4, -0.2) is 19.1 Å². The van der Waals surface area contributed by atoms with E-state index in [4.69, 9.17) is 0 Å². The summed E-state index contributed by atoms with van der Waals surface area (Å²) >= 11 is 0. The Morgan fingerprint density at radius 3 is 2.50 bits per heavy atom. The van der Waals surface area contributed by atoms with E-state index in [-0.39, 0.29) is 0 Å². The van der Waals surface area contributed by atoms with Gasteiger partial charge in [0.15, 0.2) is 0 Å². The van der Waals surface area contributed by atoms with Crippen LogP contribution in [0.3, 0.4) is 0 Å². The van der Waals surface area contributed by atoms with Gasteiger partial charge >= 0.3 is 0 Å². The number of hydrogen-bond acceptors (Lipinski definition) is 1. The maximum Gasteiger partial charge on any atom is 0.119 e. The van der Waals surface area contributed by atoms with Crippen LogP contribution in [0, 0.1) is 0 Å². The highest BCUT2D eigenvalue weighted by molar-refractivity contribution is 6.12. The molecule has 0 amide bonds. The SMILES string of the molecule is C=C(C=NC(C)=NC)c1ccccc1. The molecule has 0 aliphatic carbocycles. The Bertz CT molecular complexity index is 361. The van der Waals surface area contributed by atoms with Crippen molar-refractivity contribution < 1.29 is 0 Å². The second-order valence-corrected chi connectivity index (χ2v) is 2.92. The van der Waals surface area contributed by atoms with E-state index in [1.165, 1.54) is 0 Å².